The standard InChI is InChI=1S/C14H13BrFN3S/c1-8-6-12-11(7-10(8)16)18-14(17)19(12)5-4-9-2-3-13(15)20-9/h2-3,6-7H,4-5H2,1H3,(H2,17,18). The minimum absolute atomic E-state index is 0.246. The number of nitrogens with zero attached hydrogens (tertiary/aromatic N) is 2. The van der Waals surface area contributed by atoms with Gasteiger partial charge in [-0.05, 0) is 53.0 Å². The zero-order chi connectivity index (χ0) is 14.3. The van der Waals surface area contributed by atoms with E-state index in [1.165, 1.54) is 10.9 Å². The summed E-state index contributed by atoms with van der Waals surface area (Å²) in [4.78, 5) is 5.50. The van der Waals surface area contributed by atoms with Crippen LogP contribution in [0.5, 0.6) is 0 Å². The van der Waals surface area contributed by atoms with E-state index < -0.39 is 0 Å². The number of rotatable bonds is 3. The number of imidazole rings is 1. The molecule has 0 saturated heterocycles. The molecule has 0 aliphatic carbocycles. The smallest absolute Gasteiger partial charge is 0.201 e. The number of anilines is 1. The third-order valence-corrected chi connectivity index (χ3v) is 4.95. The number of thiophene rings is 1. The summed E-state index contributed by atoms with van der Waals surface area (Å²) >= 11 is 5.16. The molecule has 104 valence electrons. The van der Waals surface area contributed by atoms with E-state index in [2.05, 4.69) is 27.0 Å². The molecule has 0 unspecified atom stereocenters. The van der Waals surface area contributed by atoms with Crippen LogP contribution in [0.2, 0.25) is 0 Å². The van der Waals surface area contributed by atoms with E-state index in [9.17, 15) is 4.39 Å². The topological polar surface area (TPSA) is 43.8 Å². The SMILES string of the molecule is Cc1cc2c(cc1F)nc(N)n2CCc1ccc(Br)s1. The van der Waals surface area contributed by atoms with E-state index in [1.54, 1.807) is 24.3 Å². The molecule has 2 N–H and O–H groups in total. The molecule has 1 aromatic carbocycles. The quantitative estimate of drug-likeness (QED) is 0.769. The zero-order valence-electron chi connectivity index (χ0n) is 10.9. The molecule has 3 aromatic rings. The van der Waals surface area contributed by atoms with E-state index in [4.69, 9.17) is 5.73 Å². The minimum Gasteiger partial charge on any atom is -0.369 e. The first kappa shape index (κ1) is 13.6. The highest BCUT2D eigenvalue weighted by Crippen LogP contribution is 2.25. The third kappa shape index (κ3) is 2.45. The van der Waals surface area contributed by atoms with Crippen molar-refractivity contribution in [2.24, 2.45) is 0 Å². The van der Waals surface area contributed by atoms with Crippen LogP contribution in [0.15, 0.2) is 28.1 Å². The van der Waals surface area contributed by atoms with Crippen molar-refractivity contribution in [3.63, 3.8) is 0 Å². The van der Waals surface area contributed by atoms with Gasteiger partial charge < -0.3 is 10.3 Å². The molecule has 20 heavy (non-hydrogen) atoms. The van der Waals surface area contributed by atoms with Crippen LogP contribution in [-0.2, 0) is 13.0 Å². The maximum Gasteiger partial charge on any atom is 0.201 e. The van der Waals surface area contributed by atoms with Gasteiger partial charge in [0, 0.05) is 17.5 Å². The van der Waals surface area contributed by atoms with Crippen LogP contribution in [-0.4, -0.2) is 9.55 Å². The highest BCUT2D eigenvalue weighted by atomic mass is 79.9. The second-order valence-electron chi connectivity index (χ2n) is 4.67. The summed E-state index contributed by atoms with van der Waals surface area (Å²) in [6.07, 6.45) is 0.877. The predicted octanol–water partition coefficient (Wildman–Crippen LogP) is 4.13. The lowest BCUT2D eigenvalue weighted by Gasteiger charge is -2.06. The van der Waals surface area contributed by atoms with Crippen LogP contribution in [0.25, 0.3) is 11.0 Å². The highest BCUT2D eigenvalue weighted by molar-refractivity contribution is 9.11. The normalized spacial score (nSPS) is 11.3. The first-order valence-corrected chi connectivity index (χ1v) is 7.81. The molecule has 0 radical (unpaired) electrons. The first-order chi connectivity index (χ1) is 9.54. The number of hydrogen-bond donors (Lipinski definition) is 1. The molecular weight excluding hydrogens is 341 g/mol. The summed E-state index contributed by atoms with van der Waals surface area (Å²) in [6, 6.07) is 7.38. The molecule has 3 rings (SSSR count). The van der Waals surface area contributed by atoms with Crippen molar-refractivity contribution in [3.8, 4) is 0 Å². The Morgan fingerprint density at radius 3 is 2.90 bits per heavy atom. The van der Waals surface area contributed by atoms with Gasteiger partial charge >= 0.3 is 0 Å². The number of fused-ring (bicyclic) bond motifs is 1. The lowest BCUT2D eigenvalue weighted by molar-refractivity contribution is 0.620. The molecule has 0 saturated carbocycles. The molecule has 3 nitrogen and oxygen atoms in total. The third-order valence-electron chi connectivity index (χ3n) is 3.27. The van der Waals surface area contributed by atoms with Gasteiger partial charge in [-0.3, -0.25) is 0 Å². The van der Waals surface area contributed by atoms with Crippen molar-refractivity contribution in [3.05, 3.63) is 44.3 Å². The first-order valence-electron chi connectivity index (χ1n) is 6.20. The summed E-state index contributed by atoms with van der Waals surface area (Å²) < 4.78 is 16.6. The molecule has 0 atom stereocenters. The Bertz CT molecular complexity index is 778. The summed E-state index contributed by atoms with van der Waals surface area (Å²) in [5.41, 5.74) is 8.05. The number of benzene rings is 1. The molecule has 0 aliphatic rings. The van der Waals surface area contributed by atoms with Crippen molar-refractivity contribution >= 4 is 44.2 Å². The molecule has 2 heterocycles. The van der Waals surface area contributed by atoms with Crippen LogP contribution < -0.4 is 5.73 Å². The number of aromatic nitrogens is 2. The molecule has 0 bridgehead atoms. The minimum atomic E-state index is -0.246. The van der Waals surface area contributed by atoms with E-state index in [0.29, 0.717) is 17.0 Å². The van der Waals surface area contributed by atoms with Gasteiger partial charge in [0.05, 0.1) is 14.8 Å². The van der Waals surface area contributed by atoms with Gasteiger partial charge in [0.15, 0.2) is 0 Å². The fraction of sp³-hybridized carbons (Fsp3) is 0.214. The van der Waals surface area contributed by atoms with Crippen LogP contribution in [0.3, 0.4) is 0 Å². The van der Waals surface area contributed by atoms with Gasteiger partial charge in [0.25, 0.3) is 0 Å². The maximum absolute atomic E-state index is 13.5. The summed E-state index contributed by atoms with van der Waals surface area (Å²) in [5.74, 6) is 0.185. The lowest BCUT2D eigenvalue weighted by Crippen LogP contribution is -2.05. The Kier molecular flexibility index (Phi) is 3.52. The van der Waals surface area contributed by atoms with E-state index in [-0.39, 0.29) is 5.82 Å². The number of hydrogen-bond acceptors (Lipinski definition) is 3. The van der Waals surface area contributed by atoms with Gasteiger partial charge in [-0.15, -0.1) is 11.3 Å². The highest BCUT2D eigenvalue weighted by Gasteiger charge is 2.11. The molecular formula is C14H13BrFN3S. The number of halogens is 2. The van der Waals surface area contributed by atoms with Crippen LogP contribution in [0.1, 0.15) is 10.4 Å². The van der Waals surface area contributed by atoms with Crippen molar-refractivity contribution in [2.45, 2.75) is 19.9 Å². The largest absolute Gasteiger partial charge is 0.369 e. The van der Waals surface area contributed by atoms with Crippen molar-refractivity contribution in [1.82, 2.24) is 9.55 Å². The Balaban J connectivity index is 1.94. The van der Waals surface area contributed by atoms with Gasteiger partial charge in [-0.25, -0.2) is 9.37 Å². The Morgan fingerprint density at radius 2 is 2.20 bits per heavy atom. The van der Waals surface area contributed by atoms with E-state index in [0.717, 1.165) is 22.3 Å². The maximum atomic E-state index is 13.5. The van der Waals surface area contributed by atoms with Crippen LogP contribution >= 0.6 is 27.3 Å². The van der Waals surface area contributed by atoms with Crippen molar-refractivity contribution in [2.75, 3.05) is 5.73 Å². The molecule has 0 amide bonds. The number of nitrogens with two attached hydrogens (primary N) is 1. The second kappa shape index (κ2) is 5.18. The Hall–Kier alpha value is -1.40. The monoisotopic (exact) mass is 353 g/mol. The molecule has 6 heteroatoms. The fourth-order valence-electron chi connectivity index (χ4n) is 2.21. The summed E-state index contributed by atoms with van der Waals surface area (Å²) in [6.45, 7) is 2.49. The Labute approximate surface area is 128 Å². The second-order valence-corrected chi connectivity index (χ2v) is 7.22. The van der Waals surface area contributed by atoms with Crippen molar-refractivity contribution in [1.29, 1.82) is 0 Å². The lowest BCUT2D eigenvalue weighted by atomic mass is 10.2. The van der Waals surface area contributed by atoms with Gasteiger partial charge in [-0.2, -0.15) is 0 Å². The van der Waals surface area contributed by atoms with Gasteiger partial charge in [0.2, 0.25) is 5.95 Å². The zero-order valence-corrected chi connectivity index (χ0v) is 13.3. The van der Waals surface area contributed by atoms with Gasteiger partial charge in [-0.1, -0.05) is 0 Å². The molecule has 0 aliphatic heterocycles. The van der Waals surface area contributed by atoms with E-state index >= 15 is 0 Å². The number of nitrogen functional groups attached to an aromatic ring is 1. The predicted molar refractivity (Wildman–Crippen MR) is 84.6 cm³/mol. The average Bonchev–Trinajstić information content (AvgIpc) is 2.92. The average molecular weight is 354 g/mol. The summed E-state index contributed by atoms with van der Waals surface area (Å²) in [5, 5.41) is 0. The molecule has 0 fully saturated rings. The van der Waals surface area contributed by atoms with Crippen molar-refractivity contribution < 1.29 is 4.39 Å². The van der Waals surface area contributed by atoms with Crippen LogP contribution in [0.4, 0.5) is 10.3 Å². The van der Waals surface area contributed by atoms with Gasteiger partial charge in [0.1, 0.15) is 5.82 Å². The number of aryl methyl sites for hydroxylation is 3. The Morgan fingerprint density at radius 1 is 1.40 bits per heavy atom. The van der Waals surface area contributed by atoms with E-state index in [1.807, 2.05) is 10.6 Å². The summed E-state index contributed by atoms with van der Waals surface area (Å²) in [7, 11) is 0. The molecule has 2 aromatic heterocycles. The van der Waals surface area contributed by atoms with Crippen LogP contribution in [0, 0.1) is 12.7 Å². The fourth-order valence-corrected chi connectivity index (χ4v) is 3.68. The molecule has 0 spiro atoms.